The normalized spacial score (nSPS) is 16.6. The van der Waals surface area contributed by atoms with Crippen molar-refractivity contribution in [1.82, 2.24) is 0 Å². The summed E-state index contributed by atoms with van der Waals surface area (Å²) >= 11 is 3.55. The molecule has 1 rings (SSSR count). The summed E-state index contributed by atoms with van der Waals surface area (Å²) < 4.78 is 1.07. The molecule has 0 heterocycles. The van der Waals surface area contributed by atoms with E-state index in [2.05, 4.69) is 48.0 Å². The van der Waals surface area contributed by atoms with Gasteiger partial charge in [-0.15, -0.1) is 0 Å². The van der Waals surface area contributed by atoms with Crippen LogP contribution in [0.1, 0.15) is 43.7 Å². The van der Waals surface area contributed by atoms with E-state index in [1.807, 2.05) is 6.92 Å². The zero-order valence-electron chi connectivity index (χ0n) is 10.7. The number of aliphatic hydroxyl groups is 2. The maximum Gasteiger partial charge on any atom is 0.0804 e. The Hall–Kier alpha value is -0.380. The number of rotatable bonds is 5. The molecule has 0 amide bonds. The summed E-state index contributed by atoms with van der Waals surface area (Å²) in [5.74, 6) is 0.223. The zero-order valence-corrected chi connectivity index (χ0v) is 12.2. The van der Waals surface area contributed by atoms with E-state index < -0.39 is 12.2 Å². The van der Waals surface area contributed by atoms with E-state index in [1.54, 1.807) is 0 Å². The Labute approximate surface area is 112 Å². The number of benzene rings is 1. The monoisotopic (exact) mass is 300 g/mol. The van der Waals surface area contributed by atoms with Crippen molar-refractivity contribution in [3.63, 3.8) is 0 Å². The van der Waals surface area contributed by atoms with Crippen molar-refractivity contribution in [2.24, 2.45) is 0 Å². The van der Waals surface area contributed by atoms with Crippen molar-refractivity contribution >= 4 is 15.9 Å². The Balaban J connectivity index is 2.72. The van der Waals surface area contributed by atoms with Crippen LogP contribution in [0, 0.1) is 6.92 Å². The van der Waals surface area contributed by atoms with E-state index in [1.165, 1.54) is 11.1 Å². The molecule has 0 fully saturated rings. The fraction of sp³-hybridized carbons (Fsp3) is 0.571. The quantitative estimate of drug-likeness (QED) is 0.875. The van der Waals surface area contributed by atoms with Crippen LogP contribution >= 0.6 is 15.9 Å². The lowest BCUT2D eigenvalue weighted by molar-refractivity contribution is 0.00950. The van der Waals surface area contributed by atoms with Gasteiger partial charge in [0.1, 0.15) is 0 Å². The molecule has 2 N–H and O–H groups in total. The maximum atomic E-state index is 9.83. The first-order chi connectivity index (χ1) is 7.95. The molecule has 2 nitrogen and oxygen atoms in total. The molecule has 0 saturated carbocycles. The van der Waals surface area contributed by atoms with Gasteiger partial charge in [0.25, 0.3) is 0 Å². The molecule has 17 heavy (non-hydrogen) atoms. The lowest BCUT2D eigenvalue weighted by Crippen LogP contribution is -2.26. The van der Waals surface area contributed by atoms with Gasteiger partial charge in [-0.25, -0.2) is 0 Å². The molecule has 0 radical (unpaired) electrons. The minimum Gasteiger partial charge on any atom is -0.390 e. The summed E-state index contributed by atoms with van der Waals surface area (Å²) in [5, 5.41) is 19.4. The van der Waals surface area contributed by atoms with Gasteiger partial charge in [-0.2, -0.15) is 0 Å². The average Bonchev–Trinajstić information content (AvgIpc) is 2.27. The summed E-state index contributed by atoms with van der Waals surface area (Å²) in [6, 6.07) is 6.23. The highest BCUT2D eigenvalue weighted by Gasteiger charge is 2.19. The fourth-order valence-electron chi connectivity index (χ4n) is 1.95. The molecule has 0 aromatic heterocycles. The van der Waals surface area contributed by atoms with Gasteiger partial charge in [0, 0.05) is 4.47 Å². The topological polar surface area (TPSA) is 40.5 Å². The van der Waals surface area contributed by atoms with Crippen molar-refractivity contribution in [2.45, 2.75) is 51.7 Å². The summed E-state index contributed by atoms with van der Waals surface area (Å²) in [6.07, 6.45) is -0.107. The van der Waals surface area contributed by atoms with Crippen LogP contribution in [0.25, 0.3) is 0 Å². The third-order valence-corrected chi connectivity index (χ3v) is 3.83. The molecule has 0 aliphatic carbocycles. The van der Waals surface area contributed by atoms with Crippen LogP contribution in [0.3, 0.4) is 0 Å². The molecule has 3 heteroatoms. The maximum absolute atomic E-state index is 9.83. The second-order valence-electron chi connectivity index (χ2n) is 4.70. The van der Waals surface area contributed by atoms with Crippen molar-refractivity contribution < 1.29 is 10.2 Å². The molecule has 0 saturated heterocycles. The van der Waals surface area contributed by atoms with Gasteiger partial charge in [-0.05, 0) is 42.9 Å². The molecule has 1 aromatic carbocycles. The predicted molar refractivity (Wildman–Crippen MR) is 74.2 cm³/mol. The first-order valence-corrected chi connectivity index (χ1v) is 6.87. The van der Waals surface area contributed by atoms with Crippen molar-refractivity contribution in [1.29, 1.82) is 0 Å². The van der Waals surface area contributed by atoms with Crippen LogP contribution in [0.4, 0.5) is 0 Å². The van der Waals surface area contributed by atoms with Crippen LogP contribution in [-0.2, 0) is 0 Å². The second-order valence-corrected chi connectivity index (χ2v) is 5.56. The molecular formula is C14H21BrO2. The van der Waals surface area contributed by atoms with Gasteiger partial charge in [-0.1, -0.05) is 41.9 Å². The lowest BCUT2D eigenvalue weighted by atomic mass is 9.92. The van der Waals surface area contributed by atoms with Gasteiger partial charge >= 0.3 is 0 Å². The van der Waals surface area contributed by atoms with Crippen LogP contribution in [-0.4, -0.2) is 22.4 Å². The molecule has 3 unspecified atom stereocenters. The van der Waals surface area contributed by atoms with E-state index in [0.717, 1.165) is 4.47 Å². The second kappa shape index (κ2) is 6.53. The van der Waals surface area contributed by atoms with Crippen LogP contribution in [0.2, 0.25) is 0 Å². The highest BCUT2D eigenvalue weighted by molar-refractivity contribution is 9.10. The Morgan fingerprint density at radius 2 is 1.88 bits per heavy atom. The third-order valence-electron chi connectivity index (χ3n) is 3.14. The SMILES string of the molecule is CCC(O)C(O)CC(C)c1ccc(C)cc1Br. The van der Waals surface area contributed by atoms with Crippen molar-refractivity contribution in [2.75, 3.05) is 0 Å². The van der Waals surface area contributed by atoms with E-state index >= 15 is 0 Å². The zero-order chi connectivity index (χ0) is 13.0. The van der Waals surface area contributed by atoms with Crippen molar-refractivity contribution in [3.8, 4) is 0 Å². The highest BCUT2D eigenvalue weighted by atomic mass is 79.9. The minimum atomic E-state index is -0.650. The standard InChI is InChI=1S/C14H21BrO2/c1-4-13(16)14(17)8-10(3)11-6-5-9(2)7-12(11)15/h5-7,10,13-14,16-17H,4,8H2,1-3H3. The Bertz CT molecular complexity index is 365. The van der Waals surface area contributed by atoms with Gasteiger partial charge in [-0.3, -0.25) is 0 Å². The number of aryl methyl sites for hydroxylation is 1. The highest BCUT2D eigenvalue weighted by Crippen LogP contribution is 2.29. The predicted octanol–water partition coefficient (Wildman–Crippen LogP) is 3.38. The Kier molecular flexibility index (Phi) is 5.63. The van der Waals surface area contributed by atoms with Gasteiger partial charge in [0.2, 0.25) is 0 Å². The summed E-state index contributed by atoms with van der Waals surface area (Å²) in [6.45, 7) is 6.00. The largest absolute Gasteiger partial charge is 0.390 e. The van der Waals surface area contributed by atoms with Crippen LogP contribution in [0.5, 0.6) is 0 Å². The van der Waals surface area contributed by atoms with Gasteiger partial charge in [0.15, 0.2) is 0 Å². The molecule has 0 aliphatic rings. The van der Waals surface area contributed by atoms with E-state index in [0.29, 0.717) is 12.8 Å². The summed E-state index contributed by atoms with van der Waals surface area (Å²) in [4.78, 5) is 0. The molecule has 0 bridgehead atoms. The third kappa shape index (κ3) is 4.09. The molecule has 0 spiro atoms. The first-order valence-electron chi connectivity index (χ1n) is 6.07. The Morgan fingerprint density at radius 3 is 2.41 bits per heavy atom. The van der Waals surface area contributed by atoms with E-state index in [-0.39, 0.29) is 5.92 Å². The van der Waals surface area contributed by atoms with Gasteiger partial charge < -0.3 is 10.2 Å². The van der Waals surface area contributed by atoms with E-state index in [9.17, 15) is 10.2 Å². The van der Waals surface area contributed by atoms with Crippen LogP contribution < -0.4 is 0 Å². The van der Waals surface area contributed by atoms with Crippen LogP contribution in [0.15, 0.2) is 22.7 Å². The molecule has 1 aromatic rings. The molecule has 96 valence electrons. The molecular weight excluding hydrogens is 280 g/mol. The van der Waals surface area contributed by atoms with Crippen molar-refractivity contribution in [3.05, 3.63) is 33.8 Å². The number of hydrogen-bond donors (Lipinski definition) is 2. The Morgan fingerprint density at radius 1 is 1.24 bits per heavy atom. The summed E-state index contributed by atoms with van der Waals surface area (Å²) in [7, 11) is 0. The average molecular weight is 301 g/mol. The number of aliphatic hydroxyl groups excluding tert-OH is 2. The summed E-state index contributed by atoms with van der Waals surface area (Å²) in [5.41, 5.74) is 2.39. The number of hydrogen-bond acceptors (Lipinski definition) is 2. The molecule has 0 aliphatic heterocycles. The van der Waals surface area contributed by atoms with Gasteiger partial charge in [0.05, 0.1) is 12.2 Å². The number of halogens is 1. The lowest BCUT2D eigenvalue weighted by Gasteiger charge is -2.21. The fourth-order valence-corrected chi connectivity index (χ4v) is 2.83. The molecule has 3 atom stereocenters. The first kappa shape index (κ1) is 14.7. The van der Waals surface area contributed by atoms with E-state index in [4.69, 9.17) is 0 Å². The minimum absolute atomic E-state index is 0.223. The smallest absolute Gasteiger partial charge is 0.0804 e.